The minimum atomic E-state index is -0.0541. The first kappa shape index (κ1) is 25.5. The van der Waals surface area contributed by atoms with Gasteiger partial charge in [-0.2, -0.15) is 0 Å². The van der Waals surface area contributed by atoms with E-state index in [1.54, 1.807) is 0 Å². The lowest BCUT2D eigenvalue weighted by Crippen LogP contribution is -2.54. The molecule has 0 aromatic heterocycles. The van der Waals surface area contributed by atoms with Gasteiger partial charge in [-0.05, 0) is 81.5 Å². The average Bonchev–Trinajstić information content (AvgIpc) is 3.38. The Bertz CT molecular complexity index is 1140. The number of rotatable bonds is 7. The molecule has 3 fully saturated rings. The van der Waals surface area contributed by atoms with Crippen molar-refractivity contribution < 1.29 is 14.3 Å². The van der Waals surface area contributed by atoms with Crippen LogP contribution in [0.5, 0.6) is 0 Å². The van der Waals surface area contributed by atoms with E-state index in [-0.39, 0.29) is 24.0 Å². The second-order valence-corrected chi connectivity index (χ2v) is 10.7. The number of hydrogen-bond donors (Lipinski definition) is 1. The first-order valence-corrected chi connectivity index (χ1v) is 13.9. The highest BCUT2D eigenvalue weighted by Crippen LogP contribution is 2.34. The van der Waals surface area contributed by atoms with Crippen LogP contribution < -0.4 is 5.32 Å². The lowest BCUT2D eigenvalue weighted by atomic mass is 9.89. The third-order valence-electron chi connectivity index (χ3n) is 8.13. The number of aryl methyl sites for hydroxylation is 1. The molecule has 2 saturated heterocycles. The molecular formula is C31H39N3O3. The monoisotopic (exact) mass is 501 g/mol. The van der Waals surface area contributed by atoms with Crippen molar-refractivity contribution in [2.45, 2.75) is 77.1 Å². The standard InChI is InChI=1S/C31H39N3O3/c1-3-33-17-7-10-26(33)20-32-30(35)25-15-13-23(14-16-25)19-29-31(36)34(21-24-9-6-8-22(2)18-24)27-11-4-5-12-28(27)37-29/h6,8-9,13-16,18-19,26-28H,3-5,7,10-12,17,20-21H2,1-2H3,(H,32,35)/b29-19+. The second kappa shape index (κ2) is 11.5. The van der Waals surface area contributed by atoms with Gasteiger partial charge in [-0.25, -0.2) is 0 Å². The summed E-state index contributed by atoms with van der Waals surface area (Å²) in [7, 11) is 0. The van der Waals surface area contributed by atoms with Crippen molar-refractivity contribution in [2.75, 3.05) is 19.6 Å². The molecule has 1 saturated carbocycles. The molecule has 1 N–H and O–H groups in total. The number of benzene rings is 2. The molecule has 1 aliphatic carbocycles. The Balaban J connectivity index is 1.28. The van der Waals surface area contributed by atoms with Gasteiger partial charge in [0.05, 0.1) is 6.04 Å². The molecule has 5 rings (SSSR count). The highest BCUT2D eigenvalue weighted by Gasteiger charge is 2.41. The molecule has 0 bridgehead atoms. The first-order valence-electron chi connectivity index (χ1n) is 13.9. The van der Waals surface area contributed by atoms with Gasteiger partial charge in [0, 0.05) is 24.7 Å². The van der Waals surface area contributed by atoms with E-state index in [9.17, 15) is 9.59 Å². The summed E-state index contributed by atoms with van der Waals surface area (Å²) >= 11 is 0. The maximum Gasteiger partial charge on any atom is 0.289 e. The van der Waals surface area contributed by atoms with Crippen LogP contribution in [0.1, 0.15) is 72.5 Å². The van der Waals surface area contributed by atoms with Gasteiger partial charge in [-0.15, -0.1) is 0 Å². The van der Waals surface area contributed by atoms with Gasteiger partial charge in [-0.3, -0.25) is 14.5 Å². The molecular weight excluding hydrogens is 462 g/mol. The molecule has 6 nitrogen and oxygen atoms in total. The summed E-state index contributed by atoms with van der Waals surface area (Å²) in [5.74, 6) is 0.291. The van der Waals surface area contributed by atoms with Crippen LogP contribution in [0.2, 0.25) is 0 Å². The molecule has 2 aromatic carbocycles. The number of hydrogen-bond acceptors (Lipinski definition) is 4. The second-order valence-electron chi connectivity index (χ2n) is 10.7. The number of nitrogens with zero attached hydrogens (tertiary/aromatic N) is 2. The number of nitrogens with one attached hydrogen (secondary N) is 1. The van der Waals surface area contributed by atoms with E-state index in [0.717, 1.165) is 56.3 Å². The molecule has 37 heavy (non-hydrogen) atoms. The largest absolute Gasteiger partial charge is 0.482 e. The molecule has 2 aliphatic heterocycles. The van der Waals surface area contributed by atoms with Crippen LogP contribution in [0.3, 0.4) is 0 Å². The summed E-state index contributed by atoms with van der Waals surface area (Å²) in [6.07, 6.45) is 8.40. The van der Waals surface area contributed by atoms with Gasteiger partial charge in [0.15, 0.2) is 5.76 Å². The van der Waals surface area contributed by atoms with E-state index < -0.39 is 0 Å². The van der Waals surface area contributed by atoms with E-state index in [2.05, 4.69) is 48.3 Å². The zero-order valence-electron chi connectivity index (χ0n) is 22.1. The van der Waals surface area contributed by atoms with Crippen molar-refractivity contribution in [2.24, 2.45) is 0 Å². The van der Waals surface area contributed by atoms with E-state index in [1.807, 2.05) is 35.2 Å². The van der Waals surface area contributed by atoms with Gasteiger partial charge < -0.3 is 15.0 Å². The molecule has 2 heterocycles. The zero-order valence-corrected chi connectivity index (χ0v) is 22.1. The number of ether oxygens (including phenoxy) is 1. The fourth-order valence-corrected chi connectivity index (χ4v) is 6.11. The first-order chi connectivity index (χ1) is 18.0. The third kappa shape index (κ3) is 5.90. The van der Waals surface area contributed by atoms with E-state index in [0.29, 0.717) is 30.5 Å². The number of likely N-dealkylation sites (tertiary alicyclic amines) is 1. The van der Waals surface area contributed by atoms with Crippen LogP contribution >= 0.6 is 0 Å². The number of carbonyl (C=O) groups excluding carboxylic acids is 2. The lowest BCUT2D eigenvalue weighted by molar-refractivity contribution is -0.149. The number of amides is 2. The molecule has 3 unspecified atom stereocenters. The molecule has 3 atom stereocenters. The van der Waals surface area contributed by atoms with Crippen molar-refractivity contribution >= 4 is 17.9 Å². The normalized spacial score (nSPS) is 25.1. The Hall–Kier alpha value is -3.12. The van der Waals surface area contributed by atoms with Crippen LogP contribution in [0, 0.1) is 6.92 Å². The predicted molar refractivity (Wildman–Crippen MR) is 146 cm³/mol. The third-order valence-corrected chi connectivity index (χ3v) is 8.13. The Labute approximate surface area is 220 Å². The number of carbonyl (C=O) groups is 2. The summed E-state index contributed by atoms with van der Waals surface area (Å²) in [4.78, 5) is 30.7. The van der Waals surface area contributed by atoms with E-state index in [1.165, 1.54) is 12.0 Å². The SMILES string of the molecule is CCN1CCCC1CNC(=O)c1ccc(/C=C2/OC3CCCCC3N(Cc3cccc(C)c3)C2=O)cc1. The maximum atomic E-state index is 13.6. The minimum absolute atomic E-state index is 0.0332. The molecule has 3 aliphatic rings. The van der Waals surface area contributed by atoms with Crippen LogP contribution in [-0.2, 0) is 16.1 Å². The molecule has 6 heteroatoms. The number of morpholine rings is 1. The van der Waals surface area contributed by atoms with Crippen LogP contribution in [0.4, 0.5) is 0 Å². The smallest absolute Gasteiger partial charge is 0.289 e. The summed E-state index contributed by atoms with van der Waals surface area (Å²) < 4.78 is 6.28. The summed E-state index contributed by atoms with van der Waals surface area (Å²) in [5.41, 5.74) is 3.84. The van der Waals surface area contributed by atoms with Crippen LogP contribution in [-0.4, -0.2) is 59.4 Å². The Kier molecular flexibility index (Phi) is 7.94. The Morgan fingerprint density at radius 2 is 1.89 bits per heavy atom. The van der Waals surface area contributed by atoms with Crippen molar-refractivity contribution in [3.05, 3.63) is 76.5 Å². The van der Waals surface area contributed by atoms with Gasteiger partial charge in [0.2, 0.25) is 0 Å². The quantitative estimate of drug-likeness (QED) is 0.547. The Morgan fingerprint density at radius 3 is 2.68 bits per heavy atom. The predicted octanol–water partition coefficient (Wildman–Crippen LogP) is 4.92. The highest BCUT2D eigenvalue weighted by atomic mass is 16.5. The average molecular weight is 502 g/mol. The van der Waals surface area contributed by atoms with E-state index in [4.69, 9.17) is 4.74 Å². The lowest BCUT2D eigenvalue weighted by Gasteiger charge is -2.44. The molecule has 2 aromatic rings. The Morgan fingerprint density at radius 1 is 1.08 bits per heavy atom. The summed E-state index contributed by atoms with van der Waals surface area (Å²) in [5, 5.41) is 3.10. The molecule has 0 radical (unpaired) electrons. The highest BCUT2D eigenvalue weighted by molar-refractivity contribution is 5.97. The van der Waals surface area contributed by atoms with Gasteiger partial charge >= 0.3 is 0 Å². The fourth-order valence-electron chi connectivity index (χ4n) is 6.11. The molecule has 0 spiro atoms. The van der Waals surface area contributed by atoms with Gasteiger partial charge in [0.1, 0.15) is 6.10 Å². The van der Waals surface area contributed by atoms with Crippen LogP contribution in [0.25, 0.3) is 6.08 Å². The number of fused-ring (bicyclic) bond motifs is 1. The molecule has 196 valence electrons. The van der Waals surface area contributed by atoms with Crippen molar-refractivity contribution in [3.63, 3.8) is 0 Å². The molecule has 2 amide bonds. The fraction of sp³-hybridized carbons (Fsp3) is 0.484. The summed E-state index contributed by atoms with van der Waals surface area (Å²) in [6, 6.07) is 16.4. The van der Waals surface area contributed by atoms with Gasteiger partial charge in [-0.1, -0.05) is 55.3 Å². The maximum absolute atomic E-state index is 13.6. The summed E-state index contributed by atoms with van der Waals surface area (Å²) in [6.45, 7) is 7.67. The van der Waals surface area contributed by atoms with Crippen molar-refractivity contribution in [1.82, 2.24) is 15.1 Å². The van der Waals surface area contributed by atoms with Crippen molar-refractivity contribution in [3.8, 4) is 0 Å². The topological polar surface area (TPSA) is 61.9 Å². The van der Waals surface area contributed by atoms with Crippen LogP contribution in [0.15, 0.2) is 54.3 Å². The number of likely N-dealkylation sites (N-methyl/N-ethyl adjacent to an activating group) is 1. The van der Waals surface area contributed by atoms with Gasteiger partial charge in [0.25, 0.3) is 11.8 Å². The minimum Gasteiger partial charge on any atom is -0.482 e. The van der Waals surface area contributed by atoms with E-state index >= 15 is 0 Å². The van der Waals surface area contributed by atoms with Crippen molar-refractivity contribution in [1.29, 1.82) is 0 Å². The zero-order chi connectivity index (χ0) is 25.8.